The fourth-order valence-electron chi connectivity index (χ4n) is 2.80. The Kier molecular flexibility index (Phi) is 12.9. The summed E-state index contributed by atoms with van der Waals surface area (Å²) in [6.07, 6.45) is -5.08. The number of carbonyl (C=O) groups is 4. The quantitative estimate of drug-likeness (QED) is 0.114. The molecule has 2 aromatic carbocycles. The maximum atomic E-state index is 12.4. The number of hydrogen-bond acceptors (Lipinski definition) is 8. The molecule has 0 heterocycles. The van der Waals surface area contributed by atoms with Gasteiger partial charge in [-0.05, 0) is 23.3 Å². The molecule has 0 saturated carbocycles. The highest BCUT2D eigenvalue weighted by Crippen LogP contribution is 2.13. The number of amides is 2. The molecule has 0 unspecified atom stereocenters. The standard InChI is InChI=1S/C21H25N5O7S.C2HF3O2/c22-19(23)15-6-4-13(5-7-15)9-24-18(28)10-25-20(29)17(11-27)26-34(32,33)12-14-2-1-3-16(8-14)21(30)31;3-2(4,5)1(6)7/h1-8,17,26-27H,9-12H2,(H3,22,23)(H,24,28)(H,25,29)(H,30,31);(H,6,7)/t17-;/m1./s1. The summed E-state index contributed by atoms with van der Waals surface area (Å²) in [6.45, 7) is -1.16. The Labute approximate surface area is 230 Å². The van der Waals surface area contributed by atoms with Gasteiger partial charge in [0.05, 0.1) is 24.5 Å². The average molecular weight is 606 g/mol. The third kappa shape index (κ3) is 12.9. The van der Waals surface area contributed by atoms with Gasteiger partial charge in [-0.1, -0.05) is 36.4 Å². The van der Waals surface area contributed by atoms with Gasteiger partial charge in [-0.25, -0.2) is 22.7 Å². The van der Waals surface area contributed by atoms with E-state index in [9.17, 15) is 41.1 Å². The van der Waals surface area contributed by atoms with Crippen LogP contribution in [0.25, 0.3) is 0 Å². The first kappa shape index (κ1) is 34.5. The van der Waals surface area contributed by atoms with Gasteiger partial charge >= 0.3 is 18.1 Å². The number of benzene rings is 2. The highest BCUT2D eigenvalue weighted by atomic mass is 32.2. The fourth-order valence-corrected chi connectivity index (χ4v) is 4.12. The first-order valence-electron chi connectivity index (χ1n) is 11.2. The summed E-state index contributed by atoms with van der Waals surface area (Å²) >= 11 is 0. The number of hydrogen-bond donors (Lipinski definition) is 8. The summed E-state index contributed by atoms with van der Waals surface area (Å²) in [5.41, 5.74) is 6.73. The van der Waals surface area contributed by atoms with Crippen LogP contribution >= 0.6 is 0 Å². The number of carbonyl (C=O) groups excluding carboxylic acids is 2. The number of alkyl halides is 3. The Morgan fingerprint density at radius 1 is 0.951 bits per heavy atom. The predicted octanol–water partition coefficient (Wildman–Crippen LogP) is -0.485. The maximum Gasteiger partial charge on any atom is 0.490 e. The molecule has 2 aromatic rings. The predicted molar refractivity (Wildman–Crippen MR) is 136 cm³/mol. The van der Waals surface area contributed by atoms with Crippen molar-refractivity contribution >= 4 is 39.6 Å². The van der Waals surface area contributed by atoms with Gasteiger partial charge in [0.15, 0.2) is 0 Å². The molecular formula is C23H26F3N5O9S. The lowest BCUT2D eigenvalue weighted by atomic mass is 10.1. The van der Waals surface area contributed by atoms with Crippen molar-refractivity contribution in [3.63, 3.8) is 0 Å². The van der Waals surface area contributed by atoms with Gasteiger partial charge in [-0.2, -0.15) is 13.2 Å². The molecule has 224 valence electrons. The average Bonchev–Trinajstić information content (AvgIpc) is 2.89. The Bertz CT molecular complexity index is 1370. The van der Waals surface area contributed by atoms with E-state index in [0.717, 1.165) is 5.56 Å². The first-order valence-corrected chi connectivity index (χ1v) is 12.8. The van der Waals surface area contributed by atoms with E-state index in [-0.39, 0.29) is 23.5 Å². The molecule has 0 saturated heterocycles. The summed E-state index contributed by atoms with van der Waals surface area (Å²) in [4.78, 5) is 44.2. The van der Waals surface area contributed by atoms with Crippen molar-refractivity contribution in [1.29, 1.82) is 5.41 Å². The molecule has 0 radical (unpaired) electrons. The SMILES string of the molecule is N=C(N)c1ccc(CNC(=O)CNC(=O)[C@@H](CO)NS(=O)(=O)Cc2cccc(C(=O)O)c2)cc1.O=C(O)C(F)(F)F. The summed E-state index contributed by atoms with van der Waals surface area (Å²) < 4.78 is 58.5. The van der Waals surface area contributed by atoms with Crippen LogP contribution in [0.4, 0.5) is 13.2 Å². The monoisotopic (exact) mass is 605 g/mol. The van der Waals surface area contributed by atoms with Gasteiger partial charge in [-0.3, -0.25) is 15.0 Å². The van der Waals surface area contributed by atoms with Crippen molar-refractivity contribution < 1.29 is 56.1 Å². The lowest BCUT2D eigenvalue weighted by Crippen LogP contribution is -2.50. The molecular weight excluding hydrogens is 579 g/mol. The van der Waals surface area contributed by atoms with Crippen molar-refractivity contribution in [2.45, 2.75) is 24.5 Å². The molecule has 0 aliphatic heterocycles. The summed E-state index contributed by atoms with van der Waals surface area (Å²) in [5, 5.41) is 37.7. The van der Waals surface area contributed by atoms with E-state index in [1.54, 1.807) is 24.3 Å². The third-order valence-corrected chi connectivity index (χ3v) is 6.13. The topological polar surface area (TPSA) is 249 Å². The second-order valence-electron chi connectivity index (χ2n) is 8.03. The van der Waals surface area contributed by atoms with Crippen LogP contribution in [0.1, 0.15) is 27.0 Å². The highest BCUT2D eigenvalue weighted by Gasteiger charge is 2.38. The number of halogens is 3. The van der Waals surface area contributed by atoms with Crippen molar-refractivity contribution in [3.05, 3.63) is 70.8 Å². The summed E-state index contributed by atoms with van der Waals surface area (Å²) in [5.74, 6) is -6.12. The first-order chi connectivity index (χ1) is 18.9. The molecule has 0 aliphatic rings. The molecule has 14 nitrogen and oxygen atoms in total. The van der Waals surface area contributed by atoms with Gasteiger partial charge < -0.3 is 31.7 Å². The fraction of sp³-hybridized carbons (Fsp3) is 0.261. The zero-order chi connectivity index (χ0) is 31.4. The summed E-state index contributed by atoms with van der Waals surface area (Å²) in [6, 6.07) is 10.4. The number of nitrogen functional groups attached to an aromatic ring is 1. The van der Waals surface area contributed by atoms with E-state index in [2.05, 4.69) is 10.6 Å². The van der Waals surface area contributed by atoms with Crippen molar-refractivity contribution in [1.82, 2.24) is 15.4 Å². The van der Waals surface area contributed by atoms with Crippen LogP contribution in [-0.4, -0.2) is 78.7 Å². The van der Waals surface area contributed by atoms with Crippen LogP contribution < -0.4 is 21.1 Å². The minimum Gasteiger partial charge on any atom is -0.478 e. The van der Waals surface area contributed by atoms with Gasteiger partial charge in [-0.15, -0.1) is 0 Å². The third-order valence-electron chi connectivity index (χ3n) is 4.77. The Balaban J connectivity index is 0.00000106. The zero-order valence-corrected chi connectivity index (χ0v) is 21.8. The van der Waals surface area contributed by atoms with Crippen LogP contribution in [0.5, 0.6) is 0 Å². The molecule has 9 N–H and O–H groups in total. The number of aromatic carboxylic acids is 1. The van der Waals surface area contributed by atoms with Crippen molar-refractivity contribution in [2.24, 2.45) is 5.73 Å². The van der Waals surface area contributed by atoms with E-state index >= 15 is 0 Å². The lowest BCUT2D eigenvalue weighted by Gasteiger charge is -2.16. The largest absolute Gasteiger partial charge is 0.490 e. The number of rotatable bonds is 12. The second kappa shape index (κ2) is 15.3. The minimum absolute atomic E-state index is 0.0823. The van der Waals surface area contributed by atoms with Crippen molar-refractivity contribution in [3.8, 4) is 0 Å². The molecule has 2 rings (SSSR count). The molecule has 2 amide bonds. The van der Waals surface area contributed by atoms with E-state index in [0.29, 0.717) is 5.56 Å². The van der Waals surface area contributed by atoms with Gasteiger partial charge in [0, 0.05) is 12.1 Å². The van der Waals surface area contributed by atoms with Crippen LogP contribution in [0.15, 0.2) is 48.5 Å². The normalized spacial score (nSPS) is 11.8. The van der Waals surface area contributed by atoms with Crippen LogP contribution in [-0.2, 0) is 36.7 Å². The van der Waals surface area contributed by atoms with Crippen LogP contribution in [0.3, 0.4) is 0 Å². The molecule has 18 heteroatoms. The maximum absolute atomic E-state index is 12.4. The number of nitrogens with two attached hydrogens (primary N) is 1. The van der Waals surface area contributed by atoms with E-state index in [4.69, 9.17) is 26.2 Å². The number of amidine groups is 1. The van der Waals surface area contributed by atoms with Crippen LogP contribution in [0.2, 0.25) is 0 Å². The Morgan fingerprint density at radius 3 is 2.02 bits per heavy atom. The van der Waals surface area contributed by atoms with Gasteiger partial charge in [0.2, 0.25) is 21.8 Å². The molecule has 0 fully saturated rings. The number of sulfonamides is 1. The summed E-state index contributed by atoms with van der Waals surface area (Å²) in [7, 11) is -4.12. The molecule has 0 aliphatic carbocycles. The molecule has 1 atom stereocenters. The van der Waals surface area contributed by atoms with E-state index in [1.807, 2.05) is 4.72 Å². The van der Waals surface area contributed by atoms with Gasteiger partial charge in [0.25, 0.3) is 0 Å². The van der Waals surface area contributed by atoms with E-state index < -0.39 is 64.9 Å². The van der Waals surface area contributed by atoms with Gasteiger partial charge in [0.1, 0.15) is 11.9 Å². The Morgan fingerprint density at radius 2 is 1.54 bits per heavy atom. The second-order valence-corrected chi connectivity index (χ2v) is 9.78. The number of aliphatic hydroxyl groups is 1. The molecule has 0 spiro atoms. The van der Waals surface area contributed by atoms with Crippen molar-refractivity contribution in [2.75, 3.05) is 13.2 Å². The zero-order valence-electron chi connectivity index (χ0n) is 20.9. The van der Waals surface area contributed by atoms with Crippen LogP contribution in [0, 0.1) is 5.41 Å². The highest BCUT2D eigenvalue weighted by molar-refractivity contribution is 7.88. The number of carboxylic acid groups (broad SMARTS) is 2. The number of aliphatic hydroxyl groups excluding tert-OH is 1. The molecule has 0 bridgehead atoms. The number of carboxylic acids is 2. The van der Waals surface area contributed by atoms with E-state index in [1.165, 1.54) is 24.3 Å². The minimum atomic E-state index is -5.08. The molecule has 0 aromatic heterocycles. The number of aliphatic carboxylic acids is 1. The lowest BCUT2D eigenvalue weighted by molar-refractivity contribution is -0.192. The smallest absolute Gasteiger partial charge is 0.478 e. The number of nitrogens with one attached hydrogen (secondary N) is 4. The molecule has 41 heavy (non-hydrogen) atoms. The Hall–Kier alpha value is -4.55.